The number of hydrogen-bond donors (Lipinski definition) is 1. The van der Waals surface area contributed by atoms with Gasteiger partial charge < -0.3 is 10.6 Å². The molecule has 1 atom stereocenters. The Labute approximate surface area is 80.3 Å². The molecule has 0 amide bonds. The van der Waals surface area contributed by atoms with Gasteiger partial charge in [-0.1, -0.05) is 6.92 Å². The summed E-state index contributed by atoms with van der Waals surface area (Å²) in [4.78, 5) is 13.7. The first-order valence-electron chi connectivity index (χ1n) is 5.24. The first-order chi connectivity index (χ1) is 6.24. The van der Waals surface area contributed by atoms with E-state index in [1.807, 2.05) is 6.92 Å². The van der Waals surface area contributed by atoms with Crippen LogP contribution in [0.1, 0.15) is 32.6 Å². The molecule has 1 saturated heterocycles. The molecule has 1 aliphatic heterocycles. The zero-order valence-electron chi connectivity index (χ0n) is 8.46. The van der Waals surface area contributed by atoms with Crippen LogP contribution in [0, 0.1) is 0 Å². The molecular weight excluding hydrogens is 164 g/mol. The van der Waals surface area contributed by atoms with E-state index in [4.69, 9.17) is 5.73 Å². The Balaban J connectivity index is 2.13. The third-order valence-electron chi connectivity index (χ3n) is 2.73. The van der Waals surface area contributed by atoms with E-state index in [-0.39, 0.29) is 11.8 Å². The predicted octanol–water partition coefficient (Wildman–Crippen LogP) is 0.779. The Bertz CT molecular complexity index is 164. The van der Waals surface area contributed by atoms with Crippen molar-refractivity contribution in [3.8, 4) is 0 Å². The number of carbonyl (C=O) groups excluding carboxylic acids is 1. The van der Waals surface area contributed by atoms with E-state index >= 15 is 0 Å². The molecule has 0 aromatic heterocycles. The summed E-state index contributed by atoms with van der Waals surface area (Å²) < 4.78 is 0. The lowest BCUT2D eigenvalue weighted by atomic mass is 10.1. The number of carbonyl (C=O) groups is 1. The zero-order valence-corrected chi connectivity index (χ0v) is 8.46. The van der Waals surface area contributed by atoms with Crippen LogP contribution in [0.15, 0.2) is 0 Å². The topological polar surface area (TPSA) is 46.3 Å². The van der Waals surface area contributed by atoms with Gasteiger partial charge in [-0.15, -0.1) is 0 Å². The molecule has 0 aromatic carbocycles. The van der Waals surface area contributed by atoms with E-state index in [9.17, 15) is 4.79 Å². The quantitative estimate of drug-likeness (QED) is 0.686. The average Bonchev–Trinajstić information content (AvgIpc) is 2.65. The fourth-order valence-corrected chi connectivity index (χ4v) is 1.69. The predicted molar refractivity (Wildman–Crippen MR) is 53.6 cm³/mol. The molecule has 2 N–H and O–H groups in total. The van der Waals surface area contributed by atoms with E-state index < -0.39 is 0 Å². The summed E-state index contributed by atoms with van der Waals surface area (Å²) >= 11 is 0. The van der Waals surface area contributed by atoms with Gasteiger partial charge in [0.2, 0.25) is 0 Å². The maximum absolute atomic E-state index is 11.4. The first-order valence-corrected chi connectivity index (χ1v) is 5.24. The second kappa shape index (κ2) is 5.35. The number of ketones is 1. The van der Waals surface area contributed by atoms with Gasteiger partial charge in [-0.25, -0.2) is 0 Å². The number of nitrogens with two attached hydrogens (primary N) is 1. The van der Waals surface area contributed by atoms with Crippen molar-refractivity contribution in [1.29, 1.82) is 0 Å². The fraction of sp³-hybridized carbons (Fsp3) is 0.900. The van der Waals surface area contributed by atoms with E-state index in [0.29, 0.717) is 6.42 Å². The molecule has 13 heavy (non-hydrogen) atoms. The van der Waals surface area contributed by atoms with E-state index in [0.717, 1.165) is 26.1 Å². The maximum atomic E-state index is 11.4. The smallest absolute Gasteiger partial charge is 0.150 e. The lowest BCUT2D eigenvalue weighted by Gasteiger charge is -2.15. The van der Waals surface area contributed by atoms with Crippen molar-refractivity contribution in [3.63, 3.8) is 0 Å². The number of nitrogens with zero attached hydrogens (tertiary/aromatic N) is 1. The fourth-order valence-electron chi connectivity index (χ4n) is 1.69. The third kappa shape index (κ3) is 3.44. The molecule has 3 heteroatoms. The van der Waals surface area contributed by atoms with Crippen LogP contribution in [0.3, 0.4) is 0 Å². The summed E-state index contributed by atoms with van der Waals surface area (Å²) in [7, 11) is 0. The van der Waals surface area contributed by atoms with Crippen molar-refractivity contribution in [2.75, 3.05) is 19.6 Å². The van der Waals surface area contributed by atoms with Crippen molar-refractivity contribution in [3.05, 3.63) is 0 Å². The highest BCUT2D eigenvalue weighted by atomic mass is 16.1. The molecule has 1 heterocycles. The van der Waals surface area contributed by atoms with Gasteiger partial charge in [-0.05, 0) is 32.4 Å². The summed E-state index contributed by atoms with van der Waals surface area (Å²) in [5.74, 6) is 0.217. The largest absolute Gasteiger partial charge is 0.322 e. The molecule has 76 valence electrons. The van der Waals surface area contributed by atoms with Gasteiger partial charge >= 0.3 is 0 Å². The van der Waals surface area contributed by atoms with Crippen molar-refractivity contribution in [2.45, 2.75) is 38.6 Å². The first kappa shape index (κ1) is 10.7. The van der Waals surface area contributed by atoms with E-state index in [2.05, 4.69) is 4.90 Å². The van der Waals surface area contributed by atoms with E-state index in [1.54, 1.807) is 0 Å². The van der Waals surface area contributed by atoms with Crippen LogP contribution in [0.25, 0.3) is 0 Å². The Hall–Kier alpha value is -0.410. The minimum atomic E-state index is -0.234. The van der Waals surface area contributed by atoms with Crippen molar-refractivity contribution in [1.82, 2.24) is 4.90 Å². The molecule has 0 aromatic rings. The highest BCUT2D eigenvalue weighted by Gasteiger charge is 2.15. The van der Waals surface area contributed by atoms with Gasteiger partial charge in [-0.3, -0.25) is 4.79 Å². The van der Waals surface area contributed by atoms with Gasteiger partial charge in [0.05, 0.1) is 6.04 Å². The summed E-state index contributed by atoms with van der Waals surface area (Å²) in [6.45, 7) is 5.19. The summed E-state index contributed by atoms with van der Waals surface area (Å²) in [6, 6.07) is -0.234. The van der Waals surface area contributed by atoms with Gasteiger partial charge in [0, 0.05) is 13.0 Å². The number of rotatable bonds is 5. The Morgan fingerprint density at radius 3 is 2.62 bits per heavy atom. The number of hydrogen-bond acceptors (Lipinski definition) is 3. The summed E-state index contributed by atoms with van der Waals surface area (Å²) in [5, 5.41) is 0. The SMILES string of the molecule is CCC(N)C(=O)CCN1CCCC1. The van der Waals surface area contributed by atoms with Gasteiger partial charge in [0.15, 0.2) is 5.78 Å². The van der Waals surface area contributed by atoms with Crippen LogP contribution >= 0.6 is 0 Å². The Morgan fingerprint density at radius 1 is 1.46 bits per heavy atom. The highest BCUT2D eigenvalue weighted by molar-refractivity contribution is 5.83. The normalized spacial score (nSPS) is 20.5. The van der Waals surface area contributed by atoms with E-state index in [1.165, 1.54) is 12.8 Å². The molecular formula is C10H20N2O. The Kier molecular flexibility index (Phi) is 4.39. The molecule has 1 aliphatic rings. The third-order valence-corrected chi connectivity index (χ3v) is 2.73. The molecule has 1 unspecified atom stereocenters. The van der Waals surface area contributed by atoms with Crippen LogP contribution in [-0.4, -0.2) is 36.4 Å². The number of likely N-dealkylation sites (tertiary alicyclic amines) is 1. The minimum absolute atomic E-state index is 0.217. The van der Waals surface area contributed by atoms with Crippen molar-refractivity contribution in [2.24, 2.45) is 5.73 Å². The van der Waals surface area contributed by atoms with Crippen LogP contribution in [0.5, 0.6) is 0 Å². The summed E-state index contributed by atoms with van der Waals surface area (Å²) in [5.41, 5.74) is 5.63. The lowest BCUT2D eigenvalue weighted by Crippen LogP contribution is -2.32. The molecule has 1 fully saturated rings. The zero-order chi connectivity index (χ0) is 9.68. The molecule has 0 radical (unpaired) electrons. The average molecular weight is 184 g/mol. The molecule has 3 nitrogen and oxygen atoms in total. The van der Waals surface area contributed by atoms with Crippen LogP contribution < -0.4 is 5.73 Å². The minimum Gasteiger partial charge on any atom is -0.322 e. The Morgan fingerprint density at radius 2 is 2.08 bits per heavy atom. The van der Waals surface area contributed by atoms with Crippen LogP contribution in [-0.2, 0) is 4.79 Å². The standard InChI is InChI=1S/C10H20N2O/c1-2-9(11)10(13)5-8-12-6-3-4-7-12/h9H,2-8,11H2,1H3. The molecule has 0 bridgehead atoms. The summed E-state index contributed by atoms with van der Waals surface area (Å²) in [6.07, 6.45) is 3.97. The maximum Gasteiger partial charge on any atom is 0.150 e. The van der Waals surface area contributed by atoms with Gasteiger partial charge in [0.1, 0.15) is 0 Å². The molecule has 0 saturated carbocycles. The van der Waals surface area contributed by atoms with Gasteiger partial charge in [-0.2, -0.15) is 0 Å². The second-order valence-corrected chi connectivity index (χ2v) is 3.78. The van der Waals surface area contributed by atoms with Crippen molar-refractivity contribution >= 4 is 5.78 Å². The van der Waals surface area contributed by atoms with Crippen LogP contribution in [0.2, 0.25) is 0 Å². The molecule has 0 spiro atoms. The molecule has 0 aliphatic carbocycles. The molecule has 1 rings (SSSR count). The highest BCUT2D eigenvalue weighted by Crippen LogP contribution is 2.08. The lowest BCUT2D eigenvalue weighted by molar-refractivity contribution is -0.120. The van der Waals surface area contributed by atoms with Crippen LogP contribution in [0.4, 0.5) is 0 Å². The second-order valence-electron chi connectivity index (χ2n) is 3.78. The number of Topliss-reactive ketones (excluding diaryl/α,β-unsaturated/α-hetero) is 1. The van der Waals surface area contributed by atoms with Crippen molar-refractivity contribution < 1.29 is 4.79 Å². The monoisotopic (exact) mass is 184 g/mol. The van der Waals surface area contributed by atoms with Gasteiger partial charge in [0.25, 0.3) is 0 Å².